The standard InChI is InChI=1S/C31H30Cl2F3N3O4/c1-38-15-30(28(40)41,20-5-2-3-8-24(20)38)39-18-9-10-29(39,12-17(34)11-18)16-42-14-19-26(25-22(32)6-4-7-23(25)33)37-43-27(19)21-13-31(21,35)36/h2-8,17-18,21H,9-16H2,1H3,(H,40,41). The third kappa shape index (κ3) is 4.39. The maximum absolute atomic E-state index is 15.3. The highest BCUT2D eigenvalue weighted by Crippen LogP contribution is 2.58. The van der Waals surface area contributed by atoms with E-state index in [1.54, 1.807) is 18.2 Å². The molecular weight excluding hydrogens is 606 g/mol. The van der Waals surface area contributed by atoms with Crippen LogP contribution in [-0.2, 0) is 21.7 Å². The van der Waals surface area contributed by atoms with Crippen molar-refractivity contribution in [3.8, 4) is 11.3 Å². The second-order valence-electron chi connectivity index (χ2n) is 12.3. The van der Waals surface area contributed by atoms with Crippen LogP contribution < -0.4 is 4.90 Å². The average molecular weight is 636 g/mol. The third-order valence-corrected chi connectivity index (χ3v) is 10.3. The van der Waals surface area contributed by atoms with E-state index in [-0.39, 0.29) is 66.6 Å². The molecule has 0 spiro atoms. The number of aromatic nitrogens is 1. The van der Waals surface area contributed by atoms with Gasteiger partial charge >= 0.3 is 5.97 Å². The summed E-state index contributed by atoms with van der Waals surface area (Å²) in [5, 5.41) is 15.5. The van der Waals surface area contributed by atoms with Crippen molar-refractivity contribution in [1.82, 2.24) is 10.1 Å². The zero-order chi connectivity index (χ0) is 30.3. The number of carboxylic acids is 1. The Hall–Kier alpha value is -2.79. The van der Waals surface area contributed by atoms with E-state index < -0.39 is 35.1 Å². The van der Waals surface area contributed by atoms with Crippen molar-refractivity contribution in [3.05, 3.63) is 69.4 Å². The summed E-state index contributed by atoms with van der Waals surface area (Å²) in [6, 6.07) is 12.0. The normalized spacial score (nSPS) is 30.9. The Bertz CT molecular complexity index is 1580. The van der Waals surface area contributed by atoms with Crippen LogP contribution in [0.5, 0.6) is 0 Å². The van der Waals surface area contributed by atoms with Crippen molar-refractivity contribution in [1.29, 1.82) is 0 Å². The summed E-state index contributed by atoms with van der Waals surface area (Å²) in [7, 11) is 1.86. The number of rotatable bonds is 8. The Morgan fingerprint density at radius 2 is 1.88 bits per heavy atom. The first-order chi connectivity index (χ1) is 20.5. The third-order valence-electron chi connectivity index (χ3n) is 9.72. The molecule has 3 aromatic rings. The Labute approximate surface area is 256 Å². The van der Waals surface area contributed by atoms with Gasteiger partial charge in [-0.05, 0) is 43.9 Å². The molecule has 12 heteroatoms. The number of aliphatic carboxylic acids is 1. The number of likely N-dealkylation sites (N-methyl/N-ethyl adjacent to an activating group) is 1. The summed E-state index contributed by atoms with van der Waals surface area (Å²) in [6.07, 6.45) is 0.00962. The number of alkyl halides is 3. The van der Waals surface area contributed by atoms with E-state index in [9.17, 15) is 18.7 Å². The van der Waals surface area contributed by atoms with Gasteiger partial charge in [0.25, 0.3) is 5.92 Å². The molecule has 2 aromatic carbocycles. The summed E-state index contributed by atoms with van der Waals surface area (Å²) < 4.78 is 55.5. The summed E-state index contributed by atoms with van der Waals surface area (Å²) >= 11 is 12.9. The van der Waals surface area contributed by atoms with Crippen LogP contribution in [0.2, 0.25) is 10.0 Å². The van der Waals surface area contributed by atoms with Crippen molar-refractivity contribution in [2.24, 2.45) is 0 Å². The van der Waals surface area contributed by atoms with Gasteiger partial charge in [-0.3, -0.25) is 4.90 Å². The second kappa shape index (κ2) is 10.1. The highest BCUT2D eigenvalue weighted by Gasteiger charge is 2.65. The van der Waals surface area contributed by atoms with Crippen LogP contribution in [-0.4, -0.2) is 65.0 Å². The molecule has 1 N–H and O–H groups in total. The molecule has 5 atom stereocenters. The van der Waals surface area contributed by atoms with E-state index in [1.165, 1.54) is 0 Å². The molecule has 1 aliphatic carbocycles. The van der Waals surface area contributed by atoms with Crippen LogP contribution in [0.4, 0.5) is 18.9 Å². The molecule has 3 aliphatic heterocycles. The molecule has 7 nitrogen and oxygen atoms in total. The molecule has 1 aromatic heterocycles. The topological polar surface area (TPSA) is 79.0 Å². The van der Waals surface area contributed by atoms with Crippen molar-refractivity contribution < 1.29 is 32.3 Å². The SMILES string of the molecule is CN1CC(C(=O)O)(N2C3CCC2(COCc2c(-c4c(Cl)cccc4Cl)noc2C2CC2(F)F)CC(F)C3)c2ccccc21. The van der Waals surface area contributed by atoms with Gasteiger partial charge in [0, 0.05) is 47.4 Å². The Morgan fingerprint density at radius 1 is 1.16 bits per heavy atom. The molecule has 2 bridgehead atoms. The van der Waals surface area contributed by atoms with Crippen LogP contribution >= 0.6 is 23.2 Å². The fourth-order valence-corrected chi connectivity index (χ4v) is 8.44. The number of hydrogen-bond donors (Lipinski definition) is 1. The van der Waals surface area contributed by atoms with Crippen molar-refractivity contribution in [2.45, 2.75) is 73.8 Å². The van der Waals surface area contributed by atoms with Crippen molar-refractivity contribution in [3.63, 3.8) is 0 Å². The van der Waals surface area contributed by atoms with Crippen LogP contribution in [0.3, 0.4) is 0 Å². The molecule has 0 radical (unpaired) electrons. The number of anilines is 1. The summed E-state index contributed by atoms with van der Waals surface area (Å²) in [5.74, 6) is -5.06. The number of fused-ring (bicyclic) bond motifs is 3. The first-order valence-corrected chi connectivity index (χ1v) is 15.1. The van der Waals surface area contributed by atoms with Gasteiger partial charge in [0.2, 0.25) is 0 Å². The van der Waals surface area contributed by atoms with E-state index in [0.29, 0.717) is 29.5 Å². The van der Waals surface area contributed by atoms with E-state index >= 15 is 4.39 Å². The first-order valence-electron chi connectivity index (χ1n) is 14.3. The number of para-hydroxylation sites is 1. The maximum atomic E-state index is 15.3. The number of ether oxygens (including phenoxy) is 1. The second-order valence-corrected chi connectivity index (χ2v) is 13.2. The number of carboxylic acid groups (broad SMARTS) is 1. The minimum absolute atomic E-state index is 0.00773. The summed E-state index contributed by atoms with van der Waals surface area (Å²) in [5.41, 5.74) is 0.0387. The maximum Gasteiger partial charge on any atom is 0.330 e. The van der Waals surface area contributed by atoms with Gasteiger partial charge in [0.1, 0.15) is 11.9 Å². The lowest BCUT2D eigenvalue weighted by molar-refractivity contribution is -0.166. The average Bonchev–Trinajstić information content (AvgIpc) is 3.19. The van der Waals surface area contributed by atoms with E-state index in [1.807, 2.05) is 41.1 Å². The molecule has 7 rings (SSSR count). The van der Waals surface area contributed by atoms with Gasteiger partial charge in [0.05, 0.1) is 35.7 Å². The zero-order valence-corrected chi connectivity index (χ0v) is 24.8. The molecule has 4 aliphatic rings. The van der Waals surface area contributed by atoms with E-state index in [0.717, 1.165) is 5.69 Å². The fourth-order valence-electron chi connectivity index (χ4n) is 7.86. The molecule has 5 unspecified atom stereocenters. The number of benzene rings is 2. The highest BCUT2D eigenvalue weighted by molar-refractivity contribution is 6.39. The number of piperidine rings is 1. The van der Waals surface area contributed by atoms with Gasteiger partial charge in [-0.25, -0.2) is 18.0 Å². The molecule has 0 amide bonds. The molecule has 1 saturated carbocycles. The van der Waals surface area contributed by atoms with E-state index in [4.69, 9.17) is 32.5 Å². The lowest BCUT2D eigenvalue weighted by Crippen LogP contribution is -2.67. The Balaban J connectivity index is 1.24. The smallest absolute Gasteiger partial charge is 0.330 e. The summed E-state index contributed by atoms with van der Waals surface area (Å²) in [4.78, 5) is 17.2. The minimum atomic E-state index is -2.93. The minimum Gasteiger partial charge on any atom is -0.480 e. The molecule has 2 saturated heterocycles. The highest BCUT2D eigenvalue weighted by atomic mass is 35.5. The molecule has 228 valence electrons. The predicted molar refractivity (Wildman–Crippen MR) is 155 cm³/mol. The van der Waals surface area contributed by atoms with Gasteiger partial charge in [-0.15, -0.1) is 0 Å². The molecule has 43 heavy (non-hydrogen) atoms. The van der Waals surface area contributed by atoms with E-state index in [2.05, 4.69) is 5.16 Å². The van der Waals surface area contributed by atoms with Crippen LogP contribution in [0, 0.1) is 0 Å². The van der Waals surface area contributed by atoms with Gasteiger partial charge in [-0.1, -0.05) is 52.6 Å². The van der Waals surface area contributed by atoms with Crippen LogP contribution in [0.15, 0.2) is 47.0 Å². The molecular formula is C31H30Cl2F3N3O4. The molecule has 3 fully saturated rings. The lowest BCUT2D eigenvalue weighted by Gasteiger charge is -2.53. The zero-order valence-electron chi connectivity index (χ0n) is 23.3. The van der Waals surface area contributed by atoms with Gasteiger partial charge in [-0.2, -0.15) is 0 Å². The number of nitrogens with zero attached hydrogens (tertiary/aromatic N) is 3. The fraction of sp³-hybridized carbons (Fsp3) is 0.484. The lowest BCUT2D eigenvalue weighted by atomic mass is 9.79. The quantitative estimate of drug-likeness (QED) is 0.284. The predicted octanol–water partition coefficient (Wildman–Crippen LogP) is 7.05. The number of hydrogen-bond acceptors (Lipinski definition) is 6. The Kier molecular flexibility index (Phi) is 6.81. The van der Waals surface area contributed by atoms with Gasteiger partial charge in [0.15, 0.2) is 11.3 Å². The van der Waals surface area contributed by atoms with Crippen molar-refractivity contribution in [2.75, 3.05) is 25.1 Å². The number of carbonyl (C=O) groups is 1. The van der Waals surface area contributed by atoms with Gasteiger partial charge < -0.3 is 19.3 Å². The Morgan fingerprint density at radius 3 is 2.58 bits per heavy atom. The van der Waals surface area contributed by atoms with Crippen molar-refractivity contribution >= 4 is 34.9 Å². The van der Waals surface area contributed by atoms with Crippen LogP contribution in [0.25, 0.3) is 11.3 Å². The largest absolute Gasteiger partial charge is 0.480 e. The molecule has 4 heterocycles. The summed E-state index contributed by atoms with van der Waals surface area (Å²) in [6.45, 7) is 0.0286. The first kappa shape index (κ1) is 29.0. The monoisotopic (exact) mass is 635 g/mol. The number of halogens is 5. The van der Waals surface area contributed by atoms with Crippen LogP contribution in [0.1, 0.15) is 54.9 Å².